The van der Waals surface area contributed by atoms with Crippen LogP contribution >= 0.6 is 0 Å². The van der Waals surface area contributed by atoms with Crippen molar-refractivity contribution in [3.63, 3.8) is 0 Å². The van der Waals surface area contributed by atoms with E-state index in [2.05, 4.69) is 56.7 Å². The lowest BCUT2D eigenvalue weighted by Gasteiger charge is -2.10. The van der Waals surface area contributed by atoms with E-state index in [9.17, 15) is 0 Å². The van der Waals surface area contributed by atoms with Crippen molar-refractivity contribution < 1.29 is 0 Å². The molecule has 0 amide bonds. The minimum Gasteiger partial charge on any atom is -0.344 e. The summed E-state index contributed by atoms with van der Waals surface area (Å²) in [7, 11) is 0. The molecule has 14 heavy (non-hydrogen) atoms. The van der Waals surface area contributed by atoms with Gasteiger partial charge in [-0.2, -0.15) is 0 Å². The fourth-order valence-corrected chi connectivity index (χ4v) is 2.07. The maximum Gasteiger partial charge on any atom is 0.0515 e. The monoisotopic (exact) mass is 187 g/mol. The van der Waals surface area contributed by atoms with Crippen LogP contribution in [0.5, 0.6) is 0 Å². The van der Waals surface area contributed by atoms with Gasteiger partial charge in [-0.3, -0.25) is 0 Å². The van der Waals surface area contributed by atoms with Crippen LogP contribution in [0, 0.1) is 13.8 Å². The third-order valence-corrected chi connectivity index (χ3v) is 2.81. The topological polar surface area (TPSA) is 4.93 Å². The van der Waals surface area contributed by atoms with Gasteiger partial charge in [-0.05, 0) is 38.8 Å². The molecule has 2 aromatic rings. The summed E-state index contributed by atoms with van der Waals surface area (Å²) in [5.41, 5.74) is 4.13. The highest BCUT2D eigenvalue weighted by atomic mass is 15.0. The summed E-state index contributed by atoms with van der Waals surface area (Å²) in [6.07, 6.45) is 2.25. The molecule has 0 saturated carbocycles. The molecule has 0 radical (unpaired) electrons. The number of hydrogen-bond donors (Lipinski definition) is 0. The first-order valence-electron chi connectivity index (χ1n) is 5.18. The maximum absolute atomic E-state index is 2.36. The van der Waals surface area contributed by atoms with Crippen molar-refractivity contribution in [2.75, 3.05) is 0 Å². The first-order valence-corrected chi connectivity index (χ1v) is 5.18. The molecule has 74 valence electrons. The lowest BCUT2D eigenvalue weighted by atomic mass is 10.1. The van der Waals surface area contributed by atoms with E-state index in [1.54, 1.807) is 0 Å². The quantitative estimate of drug-likeness (QED) is 0.639. The van der Waals surface area contributed by atoms with Crippen molar-refractivity contribution in [1.82, 2.24) is 4.57 Å². The number of fused-ring (bicyclic) bond motifs is 1. The second-order valence-electron chi connectivity index (χ2n) is 4.28. The summed E-state index contributed by atoms with van der Waals surface area (Å²) in [6, 6.07) is 7.05. The number of rotatable bonds is 1. The van der Waals surface area contributed by atoms with Gasteiger partial charge in [0.05, 0.1) is 5.52 Å². The van der Waals surface area contributed by atoms with Gasteiger partial charge in [-0.25, -0.2) is 0 Å². The van der Waals surface area contributed by atoms with Gasteiger partial charge in [0.2, 0.25) is 0 Å². The van der Waals surface area contributed by atoms with E-state index in [0.717, 1.165) is 0 Å². The molecule has 0 aliphatic carbocycles. The summed E-state index contributed by atoms with van der Waals surface area (Å²) in [4.78, 5) is 0. The molecule has 1 heteroatoms. The summed E-state index contributed by atoms with van der Waals surface area (Å²) in [6.45, 7) is 8.82. The highest BCUT2D eigenvalue weighted by Crippen LogP contribution is 2.26. The normalized spacial score (nSPS) is 11.5. The van der Waals surface area contributed by atoms with Gasteiger partial charge >= 0.3 is 0 Å². The lowest BCUT2D eigenvalue weighted by molar-refractivity contribution is 0.621. The van der Waals surface area contributed by atoms with Crippen LogP contribution in [0.15, 0.2) is 24.4 Å². The maximum atomic E-state index is 2.36. The number of hydrogen-bond acceptors (Lipinski definition) is 0. The SMILES string of the molecule is Cc1cn(C(C)C)c2c(C)cccc12. The van der Waals surface area contributed by atoms with E-state index < -0.39 is 0 Å². The van der Waals surface area contributed by atoms with Crippen LogP contribution in [-0.4, -0.2) is 4.57 Å². The number of benzene rings is 1. The highest BCUT2D eigenvalue weighted by molar-refractivity contribution is 5.86. The Kier molecular flexibility index (Phi) is 2.10. The largest absolute Gasteiger partial charge is 0.344 e. The minimum absolute atomic E-state index is 0.535. The van der Waals surface area contributed by atoms with Gasteiger partial charge in [-0.15, -0.1) is 0 Å². The Morgan fingerprint density at radius 1 is 1.07 bits per heavy atom. The van der Waals surface area contributed by atoms with Crippen molar-refractivity contribution >= 4 is 10.9 Å². The number of nitrogens with zero attached hydrogens (tertiary/aromatic N) is 1. The zero-order chi connectivity index (χ0) is 10.3. The Bertz CT molecular complexity index is 463. The molecule has 0 aliphatic heterocycles. The van der Waals surface area contributed by atoms with Gasteiger partial charge in [0.1, 0.15) is 0 Å². The molecule has 1 heterocycles. The summed E-state index contributed by atoms with van der Waals surface area (Å²) in [5, 5.41) is 1.39. The Hall–Kier alpha value is -1.24. The summed E-state index contributed by atoms with van der Waals surface area (Å²) >= 11 is 0. The van der Waals surface area contributed by atoms with Crippen LogP contribution in [0.3, 0.4) is 0 Å². The fourth-order valence-electron chi connectivity index (χ4n) is 2.07. The van der Waals surface area contributed by atoms with Crippen molar-refractivity contribution in [3.05, 3.63) is 35.5 Å². The zero-order valence-electron chi connectivity index (χ0n) is 9.33. The summed E-state index contributed by atoms with van der Waals surface area (Å²) < 4.78 is 2.36. The van der Waals surface area contributed by atoms with Crippen molar-refractivity contribution in [2.45, 2.75) is 33.7 Å². The van der Waals surface area contributed by atoms with Gasteiger partial charge in [-0.1, -0.05) is 18.2 Å². The Labute approximate surface area is 85.4 Å². The van der Waals surface area contributed by atoms with E-state index >= 15 is 0 Å². The second kappa shape index (κ2) is 3.16. The average Bonchev–Trinajstić information content (AvgIpc) is 2.46. The van der Waals surface area contributed by atoms with Crippen LogP contribution in [0.1, 0.15) is 31.0 Å². The molecule has 0 unspecified atom stereocenters. The Morgan fingerprint density at radius 3 is 2.43 bits per heavy atom. The van der Waals surface area contributed by atoms with Gasteiger partial charge in [0.15, 0.2) is 0 Å². The van der Waals surface area contributed by atoms with Crippen molar-refractivity contribution in [2.24, 2.45) is 0 Å². The van der Waals surface area contributed by atoms with Crippen molar-refractivity contribution in [3.8, 4) is 0 Å². The van der Waals surface area contributed by atoms with E-state index in [-0.39, 0.29) is 0 Å². The Balaban J connectivity index is 2.86. The van der Waals surface area contributed by atoms with E-state index in [1.807, 2.05) is 0 Å². The van der Waals surface area contributed by atoms with E-state index in [0.29, 0.717) is 6.04 Å². The number of aromatic nitrogens is 1. The zero-order valence-corrected chi connectivity index (χ0v) is 9.33. The first kappa shape index (κ1) is 9.32. The lowest BCUT2D eigenvalue weighted by Crippen LogP contribution is -1.99. The predicted octanol–water partition coefficient (Wildman–Crippen LogP) is 3.84. The molecule has 0 N–H and O–H groups in total. The molecular weight excluding hydrogens is 170 g/mol. The van der Waals surface area contributed by atoms with Gasteiger partial charge in [0, 0.05) is 17.6 Å². The van der Waals surface area contributed by atoms with Crippen LogP contribution < -0.4 is 0 Å². The van der Waals surface area contributed by atoms with Crippen LogP contribution in [-0.2, 0) is 0 Å². The van der Waals surface area contributed by atoms with Crippen molar-refractivity contribution in [1.29, 1.82) is 0 Å². The van der Waals surface area contributed by atoms with Gasteiger partial charge < -0.3 is 4.57 Å². The Morgan fingerprint density at radius 2 is 1.79 bits per heavy atom. The fraction of sp³-hybridized carbons (Fsp3) is 0.385. The standard InChI is InChI=1S/C13H17N/c1-9(2)14-8-11(4)12-7-5-6-10(3)13(12)14/h5-9H,1-4H3. The third-order valence-electron chi connectivity index (χ3n) is 2.81. The van der Waals surface area contributed by atoms with Crippen LogP contribution in [0.25, 0.3) is 10.9 Å². The molecule has 1 aromatic carbocycles. The third kappa shape index (κ3) is 1.24. The molecule has 0 bridgehead atoms. The molecule has 1 aromatic heterocycles. The average molecular weight is 187 g/mol. The second-order valence-corrected chi connectivity index (χ2v) is 4.28. The molecule has 0 atom stereocenters. The highest BCUT2D eigenvalue weighted by Gasteiger charge is 2.08. The van der Waals surface area contributed by atoms with Crippen LogP contribution in [0.4, 0.5) is 0 Å². The van der Waals surface area contributed by atoms with E-state index in [1.165, 1.54) is 22.0 Å². The number of para-hydroxylation sites is 1. The molecule has 0 fully saturated rings. The number of aryl methyl sites for hydroxylation is 2. The molecular formula is C13H17N. The van der Waals surface area contributed by atoms with Crippen LogP contribution in [0.2, 0.25) is 0 Å². The summed E-state index contributed by atoms with van der Waals surface area (Å²) in [5.74, 6) is 0. The molecule has 0 saturated heterocycles. The first-order chi connectivity index (χ1) is 6.61. The molecule has 2 rings (SSSR count). The minimum atomic E-state index is 0.535. The molecule has 0 aliphatic rings. The molecule has 0 spiro atoms. The van der Waals surface area contributed by atoms with Gasteiger partial charge in [0.25, 0.3) is 0 Å². The predicted molar refractivity (Wildman–Crippen MR) is 61.8 cm³/mol. The van der Waals surface area contributed by atoms with E-state index in [4.69, 9.17) is 0 Å². The molecule has 1 nitrogen and oxygen atoms in total. The smallest absolute Gasteiger partial charge is 0.0515 e.